The Labute approximate surface area is 259 Å². The number of hydrogen-bond acceptors (Lipinski definition) is 8. The lowest BCUT2D eigenvalue weighted by molar-refractivity contribution is -0.137. The van der Waals surface area contributed by atoms with Crippen molar-refractivity contribution in [1.29, 1.82) is 5.41 Å². The highest BCUT2D eigenvalue weighted by Gasteiger charge is 2.31. The summed E-state index contributed by atoms with van der Waals surface area (Å²) in [4.78, 5) is 41.3. The van der Waals surface area contributed by atoms with Gasteiger partial charge in [-0.25, -0.2) is 0 Å². The van der Waals surface area contributed by atoms with Crippen molar-refractivity contribution in [2.24, 2.45) is 0 Å². The van der Waals surface area contributed by atoms with E-state index in [1.54, 1.807) is 24.1 Å². The van der Waals surface area contributed by atoms with Gasteiger partial charge >= 0.3 is 5.97 Å². The van der Waals surface area contributed by atoms with Gasteiger partial charge in [0.15, 0.2) is 5.78 Å². The summed E-state index contributed by atoms with van der Waals surface area (Å²) >= 11 is 0. The van der Waals surface area contributed by atoms with Crippen molar-refractivity contribution >= 4 is 29.2 Å². The van der Waals surface area contributed by atoms with Gasteiger partial charge in [0.2, 0.25) is 0 Å². The number of anilines is 1. The highest BCUT2D eigenvalue weighted by Crippen LogP contribution is 2.41. The molecule has 2 aliphatic heterocycles. The monoisotopic (exact) mass is 608 g/mol. The van der Waals surface area contributed by atoms with E-state index in [4.69, 9.17) is 24.7 Å². The molecule has 1 fully saturated rings. The molecule has 4 rings (SSSR count). The molecule has 0 unspecified atom stereocenters. The van der Waals surface area contributed by atoms with E-state index in [2.05, 4.69) is 31.0 Å². The number of amides is 1. The average Bonchev–Trinajstić information content (AvgIpc) is 3.29. The molecule has 2 aliphatic rings. The van der Waals surface area contributed by atoms with Gasteiger partial charge in [-0.3, -0.25) is 19.8 Å². The number of Topliss-reactive ketones (excluding diaryl/α,β-unsaturated/α-hetero) is 1. The number of nitrogens with one attached hydrogen (secondary N) is 2. The van der Waals surface area contributed by atoms with Crippen LogP contribution in [0.3, 0.4) is 0 Å². The molecule has 2 heterocycles. The van der Waals surface area contributed by atoms with E-state index in [0.29, 0.717) is 87.1 Å². The maximum Gasteiger partial charge on any atom is 0.303 e. The average molecular weight is 609 g/mol. The molecule has 11 heteroatoms. The first-order valence-electron chi connectivity index (χ1n) is 15.2. The van der Waals surface area contributed by atoms with E-state index in [1.165, 1.54) is 0 Å². The van der Waals surface area contributed by atoms with Gasteiger partial charge < -0.3 is 34.4 Å². The first-order valence-corrected chi connectivity index (χ1v) is 15.2. The Bertz CT molecular complexity index is 1410. The maximum absolute atomic E-state index is 13.9. The normalized spacial score (nSPS) is 14.8. The molecule has 44 heavy (non-hydrogen) atoms. The second kappa shape index (κ2) is 14.1. The van der Waals surface area contributed by atoms with E-state index >= 15 is 0 Å². The number of aliphatic carboxylic acids is 1. The van der Waals surface area contributed by atoms with E-state index in [1.807, 2.05) is 19.1 Å². The molecule has 3 N–H and O–H groups in total. The Morgan fingerprint density at radius 3 is 2.43 bits per heavy atom. The van der Waals surface area contributed by atoms with Crippen molar-refractivity contribution < 1.29 is 33.7 Å². The fourth-order valence-corrected chi connectivity index (χ4v) is 5.49. The number of morpholine rings is 1. The van der Waals surface area contributed by atoms with Gasteiger partial charge in [0.25, 0.3) is 5.91 Å². The third kappa shape index (κ3) is 7.50. The van der Waals surface area contributed by atoms with Crippen molar-refractivity contribution in [1.82, 2.24) is 10.2 Å². The number of ether oxygens (including phenoxy) is 3. The van der Waals surface area contributed by atoms with Crippen LogP contribution in [0, 0.1) is 5.41 Å². The fourth-order valence-electron chi connectivity index (χ4n) is 5.49. The summed E-state index contributed by atoms with van der Waals surface area (Å²) in [6.45, 7) is 11.6. The van der Waals surface area contributed by atoms with Crippen LogP contribution in [0.5, 0.6) is 11.5 Å². The van der Waals surface area contributed by atoms with Gasteiger partial charge in [-0.15, -0.1) is 0 Å². The number of ketones is 1. The van der Waals surface area contributed by atoms with Gasteiger partial charge in [-0.2, -0.15) is 0 Å². The first kappa shape index (κ1) is 32.8. The molecule has 0 radical (unpaired) electrons. The molecule has 0 atom stereocenters. The second-order valence-electron chi connectivity index (χ2n) is 12.1. The Kier molecular flexibility index (Phi) is 10.5. The number of rotatable bonds is 13. The summed E-state index contributed by atoms with van der Waals surface area (Å²) in [5, 5.41) is 20.5. The van der Waals surface area contributed by atoms with E-state index < -0.39 is 5.97 Å². The van der Waals surface area contributed by atoms with Crippen molar-refractivity contribution in [2.45, 2.75) is 58.9 Å². The SMILES string of the molecule is CCOc1cc2c(cc1C(=O)NC)C(=N)N(CC(=O)c1cc(N3CCOCC3)c(OCCCCC(=O)O)c(C(C)(C)C)c1)C2. The molecular formula is C33H44N4O7. The molecule has 1 saturated heterocycles. The van der Waals surface area contributed by atoms with Crippen molar-refractivity contribution in [2.75, 3.05) is 58.0 Å². The van der Waals surface area contributed by atoms with Crippen LogP contribution in [-0.4, -0.2) is 86.6 Å². The number of hydrogen-bond donors (Lipinski definition) is 3. The summed E-state index contributed by atoms with van der Waals surface area (Å²) in [5.74, 6) is 0.0912. The number of fused-ring (bicyclic) bond motifs is 1. The van der Waals surface area contributed by atoms with Gasteiger partial charge in [-0.1, -0.05) is 20.8 Å². The minimum absolute atomic E-state index is 0.00564. The van der Waals surface area contributed by atoms with E-state index in [-0.39, 0.29) is 35.9 Å². The third-order valence-electron chi connectivity index (χ3n) is 7.83. The Morgan fingerprint density at radius 2 is 1.80 bits per heavy atom. The van der Waals surface area contributed by atoms with Crippen LogP contribution >= 0.6 is 0 Å². The van der Waals surface area contributed by atoms with Gasteiger partial charge in [-0.05, 0) is 55.0 Å². The van der Waals surface area contributed by atoms with E-state index in [0.717, 1.165) is 16.8 Å². The lowest BCUT2D eigenvalue weighted by atomic mass is 9.84. The molecule has 0 saturated carbocycles. The molecule has 11 nitrogen and oxygen atoms in total. The predicted molar refractivity (Wildman–Crippen MR) is 168 cm³/mol. The first-order chi connectivity index (χ1) is 20.9. The number of carboxylic acid groups (broad SMARTS) is 1. The number of unbranched alkanes of at least 4 members (excludes halogenated alkanes) is 1. The summed E-state index contributed by atoms with van der Waals surface area (Å²) < 4.78 is 17.7. The molecule has 0 spiro atoms. The van der Waals surface area contributed by atoms with Crippen LogP contribution in [0.4, 0.5) is 5.69 Å². The van der Waals surface area contributed by atoms with Crippen LogP contribution < -0.4 is 19.7 Å². The predicted octanol–water partition coefficient (Wildman–Crippen LogP) is 4.24. The molecule has 2 aromatic carbocycles. The topological polar surface area (TPSA) is 141 Å². The Hall–Kier alpha value is -4.12. The zero-order valence-electron chi connectivity index (χ0n) is 26.4. The van der Waals surface area contributed by atoms with Gasteiger partial charge in [0.05, 0.1) is 44.2 Å². The van der Waals surface area contributed by atoms with Crippen molar-refractivity contribution in [3.05, 3.63) is 52.1 Å². The van der Waals surface area contributed by atoms with Crippen LogP contribution in [0.15, 0.2) is 24.3 Å². The third-order valence-corrected chi connectivity index (χ3v) is 7.83. The fraction of sp³-hybridized carbons (Fsp3) is 0.515. The molecule has 1 amide bonds. The molecule has 0 aromatic heterocycles. The molecule has 2 aromatic rings. The zero-order chi connectivity index (χ0) is 32.0. The van der Waals surface area contributed by atoms with Crippen LogP contribution in [0.1, 0.15) is 84.4 Å². The van der Waals surface area contributed by atoms with Gasteiger partial charge in [0.1, 0.15) is 17.3 Å². The molecule has 0 bridgehead atoms. The number of carboxylic acids is 1. The summed E-state index contributed by atoms with van der Waals surface area (Å²) in [6.07, 6.45) is 1.21. The number of amidine groups is 1. The van der Waals surface area contributed by atoms with Crippen molar-refractivity contribution in [3.63, 3.8) is 0 Å². The lowest BCUT2D eigenvalue weighted by Gasteiger charge is -2.34. The highest BCUT2D eigenvalue weighted by molar-refractivity contribution is 6.08. The van der Waals surface area contributed by atoms with E-state index in [9.17, 15) is 14.4 Å². The number of benzene rings is 2. The van der Waals surface area contributed by atoms with Crippen LogP contribution in [-0.2, 0) is 21.5 Å². The maximum atomic E-state index is 13.9. The Morgan fingerprint density at radius 1 is 1.07 bits per heavy atom. The number of carbonyl (C=O) groups excluding carboxylic acids is 2. The lowest BCUT2D eigenvalue weighted by Crippen LogP contribution is -2.37. The summed E-state index contributed by atoms with van der Waals surface area (Å²) in [7, 11) is 1.55. The number of nitrogens with zero attached hydrogens (tertiary/aromatic N) is 2. The highest BCUT2D eigenvalue weighted by atomic mass is 16.5. The van der Waals surface area contributed by atoms with Crippen LogP contribution in [0.2, 0.25) is 0 Å². The van der Waals surface area contributed by atoms with Crippen LogP contribution in [0.25, 0.3) is 0 Å². The molecular weight excluding hydrogens is 564 g/mol. The molecule has 238 valence electrons. The summed E-state index contributed by atoms with van der Waals surface area (Å²) in [5.41, 5.74) is 3.67. The van der Waals surface area contributed by atoms with Gasteiger partial charge in [0, 0.05) is 49.8 Å². The quantitative estimate of drug-likeness (QED) is 0.225. The minimum Gasteiger partial charge on any atom is -0.493 e. The largest absolute Gasteiger partial charge is 0.493 e. The second-order valence-corrected chi connectivity index (χ2v) is 12.1. The molecule has 0 aliphatic carbocycles. The Balaban J connectivity index is 1.63. The summed E-state index contributed by atoms with van der Waals surface area (Å²) in [6, 6.07) is 7.23. The minimum atomic E-state index is -0.826. The standard InChI is InChI=1S/C33H44N4O7/c1-6-43-28-17-22-19-37(31(34)23(22)18-24(28)32(41)35-5)20-27(38)21-15-25(33(2,3)4)30(44-12-8-7-9-29(39)40)26(16-21)36-10-13-42-14-11-36/h15-18,34H,6-14,19-20H2,1-5H3,(H,35,41)(H,39,40). The number of carbonyl (C=O) groups is 3. The smallest absolute Gasteiger partial charge is 0.303 e. The zero-order valence-corrected chi connectivity index (χ0v) is 26.4. The van der Waals surface area contributed by atoms with Crippen molar-refractivity contribution in [3.8, 4) is 11.5 Å².